The number of halogens is 3. The van der Waals surface area contributed by atoms with E-state index < -0.39 is 0 Å². The Morgan fingerprint density at radius 1 is 1.47 bits per heavy atom. The first kappa shape index (κ1) is 10.7. The van der Waals surface area contributed by atoms with Crippen molar-refractivity contribution in [1.29, 1.82) is 0 Å². The van der Waals surface area contributed by atoms with E-state index in [9.17, 15) is 4.39 Å². The number of benzene rings is 1. The van der Waals surface area contributed by atoms with Crippen molar-refractivity contribution in [3.8, 4) is 11.3 Å². The van der Waals surface area contributed by atoms with Crippen LogP contribution >= 0.6 is 27.5 Å². The van der Waals surface area contributed by atoms with E-state index in [1.165, 1.54) is 6.07 Å². The van der Waals surface area contributed by atoms with Gasteiger partial charge in [-0.1, -0.05) is 11.6 Å². The molecule has 0 atom stereocenters. The van der Waals surface area contributed by atoms with E-state index in [4.69, 9.17) is 16.0 Å². The average Bonchev–Trinajstić information content (AvgIpc) is 2.68. The number of hydrogen-bond acceptors (Lipinski definition) is 1. The third-order valence-electron chi connectivity index (χ3n) is 2.17. The van der Waals surface area contributed by atoms with Gasteiger partial charge in [-0.3, -0.25) is 0 Å². The van der Waals surface area contributed by atoms with Gasteiger partial charge in [0.2, 0.25) is 0 Å². The van der Waals surface area contributed by atoms with E-state index in [1.807, 2.05) is 0 Å². The predicted molar refractivity (Wildman–Crippen MR) is 61.5 cm³/mol. The van der Waals surface area contributed by atoms with Crippen LogP contribution in [-0.2, 0) is 0 Å². The highest BCUT2D eigenvalue weighted by molar-refractivity contribution is 9.10. The van der Waals surface area contributed by atoms with Gasteiger partial charge in [-0.15, -0.1) is 0 Å². The van der Waals surface area contributed by atoms with Crippen LogP contribution in [0, 0.1) is 12.7 Å². The normalized spacial score (nSPS) is 10.7. The van der Waals surface area contributed by atoms with Crippen molar-refractivity contribution >= 4 is 27.5 Å². The van der Waals surface area contributed by atoms with E-state index >= 15 is 0 Å². The predicted octanol–water partition coefficient (Wildman–Crippen LogP) is 4.81. The topological polar surface area (TPSA) is 13.1 Å². The van der Waals surface area contributed by atoms with Gasteiger partial charge in [0.05, 0.1) is 16.8 Å². The molecule has 0 bridgehead atoms. The Morgan fingerprint density at radius 3 is 2.80 bits per heavy atom. The molecule has 15 heavy (non-hydrogen) atoms. The van der Waals surface area contributed by atoms with E-state index in [0.29, 0.717) is 26.4 Å². The van der Waals surface area contributed by atoms with Crippen LogP contribution in [0.2, 0.25) is 5.02 Å². The lowest BCUT2D eigenvalue weighted by Crippen LogP contribution is -1.89. The molecule has 1 aromatic carbocycles. The van der Waals surface area contributed by atoms with Gasteiger partial charge in [-0.25, -0.2) is 4.39 Å². The molecule has 1 nitrogen and oxygen atoms in total. The first-order valence-electron chi connectivity index (χ1n) is 4.29. The second-order valence-corrected chi connectivity index (χ2v) is 4.33. The minimum atomic E-state index is -0.331. The van der Waals surface area contributed by atoms with Crippen LogP contribution in [0.5, 0.6) is 0 Å². The molecule has 0 N–H and O–H groups in total. The number of hydrogen-bond donors (Lipinski definition) is 0. The van der Waals surface area contributed by atoms with E-state index in [0.717, 1.165) is 0 Å². The van der Waals surface area contributed by atoms with Crippen LogP contribution in [-0.4, -0.2) is 0 Å². The van der Waals surface area contributed by atoms with Crippen molar-refractivity contribution in [2.24, 2.45) is 0 Å². The second kappa shape index (κ2) is 3.99. The summed E-state index contributed by atoms with van der Waals surface area (Å²) in [5, 5.41) is 0.333. The van der Waals surface area contributed by atoms with Crippen LogP contribution in [0.25, 0.3) is 11.3 Å². The Morgan fingerprint density at radius 2 is 2.20 bits per heavy atom. The largest absolute Gasteiger partial charge is 0.464 e. The molecule has 0 saturated carbocycles. The Balaban J connectivity index is 2.72. The Kier molecular flexibility index (Phi) is 2.85. The Bertz CT molecular complexity index is 494. The maximum atomic E-state index is 13.3. The summed E-state index contributed by atoms with van der Waals surface area (Å²) in [4.78, 5) is 0. The molecule has 1 aromatic heterocycles. The summed E-state index contributed by atoms with van der Waals surface area (Å²) >= 11 is 9.29. The minimum absolute atomic E-state index is 0.331. The Hall–Kier alpha value is -0.800. The third-order valence-corrected chi connectivity index (χ3v) is 3.46. The summed E-state index contributed by atoms with van der Waals surface area (Å²) in [5.41, 5.74) is 1.20. The molecular formula is C11H7BrClFO. The maximum absolute atomic E-state index is 13.3. The molecule has 2 rings (SSSR count). The molecule has 0 fully saturated rings. The maximum Gasteiger partial charge on any atom is 0.136 e. The standard InChI is InChI=1S/C11H7BrClFO/c1-6-8(14)5-7(13)10(11(6)12)9-3-2-4-15-9/h2-5H,1H3. The molecule has 4 heteroatoms. The van der Waals surface area contributed by atoms with Gasteiger partial charge in [0.1, 0.15) is 11.6 Å². The van der Waals surface area contributed by atoms with Gasteiger partial charge in [0.25, 0.3) is 0 Å². The lowest BCUT2D eigenvalue weighted by molar-refractivity contribution is 0.580. The molecule has 0 saturated heterocycles. The molecule has 0 aliphatic rings. The molecular weight excluding hydrogens is 282 g/mol. The zero-order chi connectivity index (χ0) is 11.0. The van der Waals surface area contributed by atoms with Crippen LogP contribution < -0.4 is 0 Å². The fourth-order valence-electron chi connectivity index (χ4n) is 1.34. The highest BCUT2D eigenvalue weighted by Gasteiger charge is 2.15. The van der Waals surface area contributed by atoms with Gasteiger partial charge >= 0.3 is 0 Å². The summed E-state index contributed by atoms with van der Waals surface area (Å²) in [6.45, 7) is 1.68. The molecule has 0 amide bonds. The molecule has 78 valence electrons. The van der Waals surface area contributed by atoms with Crippen molar-refractivity contribution in [3.63, 3.8) is 0 Å². The number of rotatable bonds is 1. The van der Waals surface area contributed by atoms with Crippen LogP contribution in [0.1, 0.15) is 5.56 Å². The molecule has 0 spiro atoms. The van der Waals surface area contributed by atoms with Crippen molar-refractivity contribution in [2.75, 3.05) is 0 Å². The second-order valence-electron chi connectivity index (χ2n) is 3.13. The van der Waals surface area contributed by atoms with Crippen LogP contribution in [0.4, 0.5) is 4.39 Å². The summed E-state index contributed by atoms with van der Waals surface area (Å²) in [5.74, 6) is 0.289. The van der Waals surface area contributed by atoms with Crippen molar-refractivity contribution in [1.82, 2.24) is 0 Å². The third kappa shape index (κ3) is 1.82. The molecule has 0 aliphatic carbocycles. The van der Waals surface area contributed by atoms with Gasteiger partial charge in [-0.2, -0.15) is 0 Å². The van der Waals surface area contributed by atoms with Crippen molar-refractivity contribution in [3.05, 3.63) is 45.3 Å². The van der Waals surface area contributed by atoms with Crippen molar-refractivity contribution in [2.45, 2.75) is 6.92 Å². The Labute approximate surface area is 100.0 Å². The van der Waals surface area contributed by atoms with Crippen LogP contribution in [0.3, 0.4) is 0 Å². The monoisotopic (exact) mass is 288 g/mol. The lowest BCUT2D eigenvalue weighted by Gasteiger charge is -2.08. The smallest absolute Gasteiger partial charge is 0.136 e. The quantitative estimate of drug-likeness (QED) is 0.734. The lowest BCUT2D eigenvalue weighted by atomic mass is 10.1. The molecule has 0 aliphatic heterocycles. The highest BCUT2D eigenvalue weighted by atomic mass is 79.9. The van der Waals surface area contributed by atoms with E-state index in [2.05, 4.69) is 15.9 Å². The molecule has 1 heterocycles. The molecule has 2 aromatic rings. The summed E-state index contributed by atoms with van der Waals surface area (Å²) < 4.78 is 19.2. The van der Waals surface area contributed by atoms with Gasteiger partial charge in [-0.05, 0) is 46.6 Å². The average molecular weight is 290 g/mol. The first-order chi connectivity index (χ1) is 7.11. The van der Waals surface area contributed by atoms with Crippen molar-refractivity contribution < 1.29 is 8.81 Å². The molecule has 0 radical (unpaired) electrons. The fourth-order valence-corrected chi connectivity index (χ4v) is 2.33. The van der Waals surface area contributed by atoms with Crippen LogP contribution in [0.15, 0.2) is 33.4 Å². The first-order valence-corrected chi connectivity index (χ1v) is 5.46. The van der Waals surface area contributed by atoms with E-state index in [-0.39, 0.29) is 5.82 Å². The molecule has 0 unspecified atom stereocenters. The van der Waals surface area contributed by atoms with Gasteiger partial charge < -0.3 is 4.42 Å². The fraction of sp³-hybridized carbons (Fsp3) is 0.0909. The summed E-state index contributed by atoms with van der Waals surface area (Å²) in [7, 11) is 0. The van der Waals surface area contributed by atoms with Gasteiger partial charge in [0.15, 0.2) is 0 Å². The SMILES string of the molecule is Cc1c(F)cc(Cl)c(-c2ccco2)c1Br. The summed E-state index contributed by atoms with van der Waals surface area (Å²) in [6.07, 6.45) is 1.55. The highest BCUT2D eigenvalue weighted by Crippen LogP contribution is 2.38. The zero-order valence-corrected chi connectivity index (χ0v) is 10.2. The van der Waals surface area contributed by atoms with Gasteiger partial charge in [0, 0.05) is 4.47 Å². The minimum Gasteiger partial charge on any atom is -0.464 e. The zero-order valence-electron chi connectivity index (χ0n) is 7.85. The number of furan rings is 1. The summed E-state index contributed by atoms with van der Waals surface area (Å²) in [6, 6.07) is 4.83. The van der Waals surface area contributed by atoms with E-state index in [1.54, 1.807) is 25.3 Å².